The van der Waals surface area contributed by atoms with Gasteiger partial charge in [-0.25, -0.2) is 12.8 Å². The monoisotopic (exact) mass is 573 g/mol. The Kier molecular flexibility index (Phi) is 10.4. The van der Waals surface area contributed by atoms with Crippen molar-refractivity contribution in [1.29, 1.82) is 0 Å². The highest BCUT2D eigenvalue weighted by molar-refractivity contribution is 7.98. The van der Waals surface area contributed by atoms with Gasteiger partial charge >= 0.3 is 0 Å². The van der Waals surface area contributed by atoms with Gasteiger partial charge in [0.05, 0.1) is 17.2 Å². The minimum Gasteiger partial charge on any atom is -0.492 e. The number of sulfonamides is 1. The van der Waals surface area contributed by atoms with Gasteiger partial charge in [0.2, 0.25) is 11.8 Å². The van der Waals surface area contributed by atoms with Gasteiger partial charge in [0.15, 0.2) is 0 Å². The normalized spacial score (nSPS) is 11.9. The topological polar surface area (TPSA) is 96.0 Å². The Morgan fingerprint density at radius 3 is 2.28 bits per heavy atom. The van der Waals surface area contributed by atoms with Crippen molar-refractivity contribution in [3.63, 3.8) is 0 Å². The van der Waals surface area contributed by atoms with Gasteiger partial charge in [0.25, 0.3) is 10.0 Å². The third-order valence-electron chi connectivity index (χ3n) is 6.07. The first-order valence-corrected chi connectivity index (χ1v) is 14.9. The lowest BCUT2D eigenvalue weighted by Gasteiger charge is -2.32. The molecule has 0 saturated carbocycles. The molecular weight excluding hydrogens is 541 g/mol. The van der Waals surface area contributed by atoms with Gasteiger partial charge in [-0.2, -0.15) is 0 Å². The molecule has 3 aromatic carbocycles. The maximum absolute atomic E-state index is 14.5. The van der Waals surface area contributed by atoms with E-state index < -0.39 is 40.2 Å². The largest absolute Gasteiger partial charge is 0.492 e. The SMILES string of the molecule is CCOc1ccccc1N(CC(=O)N(Cc1ccccc1F)[C@@H](C)C(=O)NC)S(=O)(=O)c1ccc(SC)cc1. The molecule has 0 spiro atoms. The fraction of sp³-hybridized carbons (Fsp3) is 0.286. The van der Waals surface area contributed by atoms with E-state index in [2.05, 4.69) is 5.32 Å². The summed E-state index contributed by atoms with van der Waals surface area (Å²) in [5, 5.41) is 2.50. The van der Waals surface area contributed by atoms with E-state index in [0.717, 1.165) is 9.20 Å². The van der Waals surface area contributed by atoms with E-state index in [1.54, 1.807) is 49.4 Å². The summed E-state index contributed by atoms with van der Waals surface area (Å²) in [5.74, 6) is -1.43. The Bertz CT molecular complexity index is 1400. The predicted molar refractivity (Wildman–Crippen MR) is 151 cm³/mol. The molecule has 0 saturated heterocycles. The van der Waals surface area contributed by atoms with E-state index in [1.165, 1.54) is 61.0 Å². The van der Waals surface area contributed by atoms with E-state index in [9.17, 15) is 22.4 Å². The molecule has 3 rings (SSSR count). The molecule has 0 aliphatic carbocycles. The van der Waals surface area contributed by atoms with E-state index in [0.29, 0.717) is 0 Å². The maximum Gasteiger partial charge on any atom is 0.264 e. The summed E-state index contributed by atoms with van der Waals surface area (Å²) in [6, 6.07) is 17.8. The van der Waals surface area contributed by atoms with Crippen LogP contribution in [0.25, 0.3) is 0 Å². The summed E-state index contributed by atoms with van der Waals surface area (Å²) in [5.41, 5.74) is 0.360. The number of carbonyl (C=O) groups is 2. The minimum absolute atomic E-state index is 0.0144. The molecule has 1 N–H and O–H groups in total. The molecule has 0 unspecified atom stereocenters. The highest BCUT2D eigenvalue weighted by Crippen LogP contribution is 2.33. The molecule has 0 fully saturated rings. The number of rotatable bonds is 12. The zero-order chi connectivity index (χ0) is 28.6. The first-order valence-electron chi connectivity index (χ1n) is 12.3. The number of para-hydroxylation sites is 2. The van der Waals surface area contributed by atoms with E-state index in [1.807, 2.05) is 6.26 Å². The standard InChI is InChI=1S/C28H32FN3O5S2/c1-5-37-26-13-9-8-12-25(26)32(39(35,36)23-16-14-22(38-4)15-17-23)19-27(33)31(20(2)28(34)30-3)18-21-10-6-7-11-24(21)29/h6-17,20H,5,18-19H2,1-4H3,(H,30,34)/t20-/m0/s1. The van der Waals surface area contributed by atoms with Crippen molar-refractivity contribution in [2.24, 2.45) is 0 Å². The molecule has 8 nitrogen and oxygen atoms in total. The van der Waals surface area contributed by atoms with Gasteiger partial charge in [0, 0.05) is 24.1 Å². The number of anilines is 1. The molecule has 3 aromatic rings. The van der Waals surface area contributed by atoms with Crippen LogP contribution in [0.4, 0.5) is 10.1 Å². The minimum atomic E-state index is -4.26. The van der Waals surface area contributed by atoms with Crippen molar-refractivity contribution >= 4 is 39.3 Å². The number of benzene rings is 3. The average molecular weight is 574 g/mol. The van der Waals surface area contributed by atoms with Gasteiger partial charge < -0.3 is 15.0 Å². The lowest BCUT2D eigenvalue weighted by Crippen LogP contribution is -2.50. The number of ether oxygens (including phenoxy) is 1. The van der Waals surface area contributed by atoms with Gasteiger partial charge in [-0.05, 0) is 62.6 Å². The summed E-state index contributed by atoms with van der Waals surface area (Å²) < 4.78 is 49.1. The maximum atomic E-state index is 14.5. The molecule has 2 amide bonds. The zero-order valence-corrected chi connectivity index (χ0v) is 23.9. The molecule has 39 heavy (non-hydrogen) atoms. The third-order valence-corrected chi connectivity index (χ3v) is 8.59. The summed E-state index contributed by atoms with van der Waals surface area (Å²) in [6.07, 6.45) is 1.88. The fourth-order valence-corrected chi connectivity index (χ4v) is 5.76. The van der Waals surface area contributed by atoms with Crippen molar-refractivity contribution in [3.05, 3.63) is 84.2 Å². The lowest BCUT2D eigenvalue weighted by molar-refractivity contribution is -0.139. The van der Waals surface area contributed by atoms with Gasteiger partial charge in [-0.3, -0.25) is 13.9 Å². The second-order valence-corrected chi connectivity index (χ2v) is 11.2. The van der Waals surface area contributed by atoms with Crippen LogP contribution in [-0.2, 0) is 26.2 Å². The number of likely N-dealkylation sites (N-methyl/N-ethyl adjacent to an activating group) is 1. The van der Waals surface area contributed by atoms with Crippen molar-refractivity contribution in [2.75, 3.05) is 30.8 Å². The van der Waals surface area contributed by atoms with Crippen molar-refractivity contribution in [1.82, 2.24) is 10.2 Å². The summed E-state index contributed by atoms with van der Waals surface area (Å²) in [6.45, 7) is 2.67. The number of amides is 2. The molecule has 11 heteroatoms. The van der Waals surface area contributed by atoms with E-state index in [4.69, 9.17) is 4.74 Å². The third kappa shape index (κ3) is 7.10. The number of carbonyl (C=O) groups excluding carboxylic acids is 2. The number of nitrogens with zero attached hydrogens (tertiary/aromatic N) is 2. The second kappa shape index (κ2) is 13.5. The van der Waals surface area contributed by atoms with Crippen molar-refractivity contribution in [2.45, 2.75) is 36.2 Å². The van der Waals surface area contributed by atoms with E-state index in [-0.39, 0.29) is 35.0 Å². The van der Waals surface area contributed by atoms with Crippen molar-refractivity contribution < 1.29 is 27.1 Å². The first-order chi connectivity index (χ1) is 18.6. The van der Waals surface area contributed by atoms with Crippen molar-refractivity contribution in [3.8, 4) is 5.75 Å². The van der Waals surface area contributed by atoms with E-state index >= 15 is 0 Å². The highest BCUT2D eigenvalue weighted by Gasteiger charge is 2.33. The van der Waals surface area contributed by atoms with Gasteiger partial charge in [-0.15, -0.1) is 11.8 Å². The molecule has 208 valence electrons. The molecule has 1 atom stereocenters. The Hall–Kier alpha value is -3.57. The number of hydrogen-bond donors (Lipinski definition) is 1. The molecular formula is C28H32FN3O5S2. The van der Waals surface area contributed by atoms with Gasteiger partial charge in [-0.1, -0.05) is 30.3 Å². The molecule has 0 radical (unpaired) electrons. The number of nitrogens with one attached hydrogen (secondary N) is 1. The predicted octanol–water partition coefficient (Wildman–Crippen LogP) is 4.30. The fourth-order valence-electron chi connectivity index (χ4n) is 3.93. The number of halogens is 1. The summed E-state index contributed by atoms with van der Waals surface area (Å²) in [4.78, 5) is 28.4. The van der Waals surface area contributed by atoms with Crippen LogP contribution < -0.4 is 14.4 Å². The Morgan fingerprint density at radius 2 is 1.67 bits per heavy atom. The molecule has 0 aromatic heterocycles. The Morgan fingerprint density at radius 1 is 1.03 bits per heavy atom. The van der Waals surface area contributed by atoms with Crippen LogP contribution in [0.15, 0.2) is 82.6 Å². The average Bonchev–Trinajstić information content (AvgIpc) is 2.95. The molecule has 0 aliphatic heterocycles. The summed E-state index contributed by atoms with van der Waals surface area (Å²) in [7, 11) is -2.83. The zero-order valence-electron chi connectivity index (χ0n) is 22.3. The Labute approximate surface area is 233 Å². The van der Waals surface area contributed by atoms with Gasteiger partial charge in [0.1, 0.15) is 24.2 Å². The van der Waals surface area contributed by atoms with Crippen LogP contribution in [0.1, 0.15) is 19.4 Å². The lowest BCUT2D eigenvalue weighted by atomic mass is 10.1. The quantitative estimate of drug-likeness (QED) is 0.325. The van der Waals surface area contributed by atoms with Crippen LogP contribution in [0.3, 0.4) is 0 Å². The van der Waals surface area contributed by atoms with Crippen LogP contribution in [-0.4, -0.2) is 57.6 Å². The van der Waals surface area contributed by atoms with Crippen LogP contribution in [0.2, 0.25) is 0 Å². The highest BCUT2D eigenvalue weighted by atomic mass is 32.2. The van der Waals surface area contributed by atoms with Crippen LogP contribution in [0, 0.1) is 5.82 Å². The number of thioether (sulfide) groups is 1. The molecule has 0 heterocycles. The Balaban J connectivity index is 2.10. The van der Waals surface area contributed by atoms with Crippen LogP contribution >= 0.6 is 11.8 Å². The molecule has 0 bridgehead atoms. The smallest absolute Gasteiger partial charge is 0.264 e. The second-order valence-electron chi connectivity index (χ2n) is 8.49. The summed E-state index contributed by atoms with van der Waals surface area (Å²) >= 11 is 1.47. The number of hydrogen-bond acceptors (Lipinski definition) is 6. The van der Waals surface area contributed by atoms with Crippen LogP contribution in [0.5, 0.6) is 5.75 Å². The molecule has 0 aliphatic rings. The first kappa shape index (κ1) is 30.0.